The van der Waals surface area contributed by atoms with E-state index >= 15 is 0 Å². The number of rotatable bonds is 3. The second-order valence-electron chi connectivity index (χ2n) is 4.12. The minimum Gasteiger partial charge on any atom is -0.366 e. The van der Waals surface area contributed by atoms with Crippen molar-refractivity contribution in [3.8, 4) is 0 Å². The summed E-state index contributed by atoms with van der Waals surface area (Å²) in [5.41, 5.74) is 4.40. The van der Waals surface area contributed by atoms with E-state index in [4.69, 9.17) is 10.6 Å². The average molecular weight is 287 g/mol. The SMILES string of the molecule is CCC1=NC(C(N)=O)N(c2cccc(C(F)(F)F)c2)O1. The van der Waals surface area contributed by atoms with Gasteiger partial charge in [0, 0.05) is 6.42 Å². The van der Waals surface area contributed by atoms with Crippen LogP contribution in [0.1, 0.15) is 18.9 Å². The largest absolute Gasteiger partial charge is 0.416 e. The molecule has 0 aromatic heterocycles. The van der Waals surface area contributed by atoms with E-state index < -0.39 is 23.8 Å². The number of amides is 1. The number of halogens is 3. The van der Waals surface area contributed by atoms with Crippen molar-refractivity contribution in [2.45, 2.75) is 25.7 Å². The number of alkyl halides is 3. The van der Waals surface area contributed by atoms with Crippen LogP contribution in [0.4, 0.5) is 18.9 Å². The van der Waals surface area contributed by atoms with E-state index in [2.05, 4.69) is 4.99 Å². The first kappa shape index (κ1) is 14.2. The fourth-order valence-corrected chi connectivity index (χ4v) is 1.72. The fourth-order valence-electron chi connectivity index (χ4n) is 1.72. The van der Waals surface area contributed by atoms with Crippen LogP contribution in [0.5, 0.6) is 0 Å². The van der Waals surface area contributed by atoms with Gasteiger partial charge in [0.25, 0.3) is 5.91 Å². The Balaban J connectivity index is 2.34. The molecule has 5 nitrogen and oxygen atoms in total. The second-order valence-corrected chi connectivity index (χ2v) is 4.12. The van der Waals surface area contributed by atoms with Crippen molar-refractivity contribution in [3.63, 3.8) is 0 Å². The topological polar surface area (TPSA) is 67.9 Å². The van der Waals surface area contributed by atoms with Crippen molar-refractivity contribution in [1.82, 2.24) is 0 Å². The predicted octanol–water partition coefficient (Wildman–Crippen LogP) is 2.08. The summed E-state index contributed by atoms with van der Waals surface area (Å²) < 4.78 is 38.0. The normalized spacial score (nSPS) is 18.7. The lowest BCUT2D eigenvalue weighted by Gasteiger charge is -2.22. The monoisotopic (exact) mass is 287 g/mol. The number of carbonyl (C=O) groups excluding carboxylic acids is 1. The Morgan fingerprint density at radius 1 is 1.50 bits per heavy atom. The average Bonchev–Trinajstić information content (AvgIpc) is 2.82. The van der Waals surface area contributed by atoms with Crippen LogP contribution in [0.2, 0.25) is 0 Å². The molecule has 0 saturated heterocycles. The third kappa shape index (κ3) is 2.68. The van der Waals surface area contributed by atoms with Crippen molar-refractivity contribution in [2.24, 2.45) is 10.7 Å². The number of nitrogens with zero attached hydrogens (tertiary/aromatic N) is 2. The molecular weight excluding hydrogens is 275 g/mol. The molecule has 0 saturated carbocycles. The number of primary amides is 1. The summed E-state index contributed by atoms with van der Waals surface area (Å²) in [4.78, 5) is 20.5. The molecule has 0 fully saturated rings. The molecule has 1 atom stereocenters. The zero-order chi connectivity index (χ0) is 14.9. The van der Waals surface area contributed by atoms with E-state index in [0.29, 0.717) is 6.42 Å². The highest BCUT2D eigenvalue weighted by molar-refractivity contribution is 5.90. The highest BCUT2D eigenvalue weighted by Crippen LogP contribution is 2.33. The molecule has 0 radical (unpaired) electrons. The van der Waals surface area contributed by atoms with Crippen LogP contribution in [0.3, 0.4) is 0 Å². The lowest BCUT2D eigenvalue weighted by atomic mass is 10.2. The quantitative estimate of drug-likeness (QED) is 0.925. The molecule has 108 valence electrons. The van der Waals surface area contributed by atoms with Gasteiger partial charge in [0.05, 0.1) is 11.3 Å². The van der Waals surface area contributed by atoms with Gasteiger partial charge in [-0.25, -0.2) is 4.99 Å². The predicted molar refractivity (Wildman–Crippen MR) is 65.7 cm³/mol. The Hall–Kier alpha value is -2.25. The zero-order valence-corrected chi connectivity index (χ0v) is 10.5. The summed E-state index contributed by atoms with van der Waals surface area (Å²) in [7, 11) is 0. The van der Waals surface area contributed by atoms with Gasteiger partial charge in [-0.05, 0) is 18.2 Å². The molecular formula is C12H12F3N3O2. The van der Waals surface area contributed by atoms with E-state index in [1.165, 1.54) is 12.1 Å². The van der Waals surface area contributed by atoms with Gasteiger partial charge in [0.1, 0.15) is 0 Å². The first-order valence-electron chi connectivity index (χ1n) is 5.83. The van der Waals surface area contributed by atoms with Crippen LogP contribution in [0, 0.1) is 0 Å². The molecule has 1 aromatic rings. The van der Waals surface area contributed by atoms with Gasteiger partial charge >= 0.3 is 6.18 Å². The second kappa shape index (κ2) is 5.03. The Morgan fingerprint density at radius 2 is 2.20 bits per heavy atom. The minimum absolute atomic E-state index is 0.0656. The third-order valence-electron chi connectivity index (χ3n) is 2.68. The molecule has 1 heterocycles. The highest BCUT2D eigenvalue weighted by Gasteiger charge is 2.35. The molecule has 1 aromatic carbocycles. The first-order valence-corrected chi connectivity index (χ1v) is 5.83. The smallest absolute Gasteiger partial charge is 0.366 e. The van der Waals surface area contributed by atoms with Crippen LogP contribution < -0.4 is 10.8 Å². The first-order chi connectivity index (χ1) is 9.32. The molecule has 1 amide bonds. The Labute approximate surface area is 112 Å². The number of hydrogen-bond donors (Lipinski definition) is 1. The molecule has 0 spiro atoms. The summed E-state index contributed by atoms with van der Waals surface area (Å²) in [5, 5.41) is 0.983. The van der Waals surface area contributed by atoms with Crippen molar-refractivity contribution >= 4 is 17.5 Å². The van der Waals surface area contributed by atoms with Gasteiger partial charge in [0.2, 0.25) is 12.1 Å². The van der Waals surface area contributed by atoms with E-state index in [0.717, 1.165) is 17.2 Å². The lowest BCUT2D eigenvalue weighted by molar-refractivity contribution is -0.137. The zero-order valence-electron chi connectivity index (χ0n) is 10.5. The van der Waals surface area contributed by atoms with Gasteiger partial charge in [-0.2, -0.15) is 18.2 Å². The van der Waals surface area contributed by atoms with Gasteiger partial charge in [-0.1, -0.05) is 13.0 Å². The maximum absolute atomic E-state index is 12.7. The number of anilines is 1. The Kier molecular flexibility index (Phi) is 3.56. The number of benzene rings is 1. The van der Waals surface area contributed by atoms with E-state index in [1.807, 2.05) is 0 Å². The molecule has 0 aliphatic carbocycles. The van der Waals surface area contributed by atoms with Crippen molar-refractivity contribution in [2.75, 3.05) is 5.06 Å². The van der Waals surface area contributed by atoms with Crippen LogP contribution >= 0.6 is 0 Å². The number of nitrogens with two attached hydrogens (primary N) is 1. The van der Waals surface area contributed by atoms with Gasteiger partial charge in [-0.15, -0.1) is 0 Å². The highest BCUT2D eigenvalue weighted by atomic mass is 19.4. The molecule has 0 bridgehead atoms. The fraction of sp³-hybridized carbons (Fsp3) is 0.333. The molecule has 1 unspecified atom stereocenters. The Morgan fingerprint density at radius 3 is 2.75 bits per heavy atom. The standard InChI is InChI=1S/C12H12F3N3O2/c1-2-9-17-11(10(16)19)18(20-9)8-5-3-4-7(6-8)12(13,14)15/h3-6,11H,2H2,1H3,(H2,16,19). The molecule has 8 heteroatoms. The van der Waals surface area contributed by atoms with Gasteiger partial charge in [-0.3, -0.25) is 4.79 Å². The molecule has 2 rings (SSSR count). The van der Waals surface area contributed by atoms with Crippen LogP contribution in [-0.2, 0) is 15.8 Å². The van der Waals surface area contributed by atoms with Crippen LogP contribution in [0.25, 0.3) is 0 Å². The number of aliphatic imine (C=N–C) groups is 1. The summed E-state index contributed by atoms with van der Waals surface area (Å²) in [5.74, 6) is -0.558. The summed E-state index contributed by atoms with van der Waals surface area (Å²) in [6.07, 6.45) is -5.24. The van der Waals surface area contributed by atoms with Crippen molar-refractivity contribution < 1.29 is 22.8 Å². The summed E-state index contributed by atoms with van der Waals surface area (Å²) in [6, 6.07) is 4.42. The molecule has 2 N–H and O–H groups in total. The summed E-state index contributed by atoms with van der Waals surface area (Å²) in [6.45, 7) is 1.74. The molecule has 1 aliphatic heterocycles. The van der Waals surface area contributed by atoms with Crippen molar-refractivity contribution in [3.05, 3.63) is 29.8 Å². The molecule has 1 aliphatic rings. The summed E-state index contributed by atoms with van der Waals surface area (Å²) >= 11 is 0. The third-order valence-corrected chi connectivity index (χ3v) is 2.68. The molecule has 20 heavy (non-hydrogen) atoms. The maximum Gasteiger partial charge on any atom is 0.416 e. The maximum atomic E-state index is 12.7. The van der Waals surface area contributed by atoms with Crippen molar-refractivity contribution in [1.29, 1.82) is 0 Å². The van der Waals surface area contributed by atoms with Gasteiger partial charge < -0.3 is 10.6 Å². The van der Waals surface area contributed by atoms with E-state index in [1.54, 1.807) is 6.92 Å². The lowest BCUT2D eigenvalue weighted by Crippen LogP contribution is -2.40. The van der Waals surface area contributed by atoms with Crippen LogP contribution in [0.15, 0.2) is 29.3 Å². The number of hydrogen-bond acceptors (Lipinski definition) is 4. The van der Waals surface area contributed by atoms with E-state index in [9.17, 15) is 18.0 Å². The Bertz CT molecular complexity index is 557. The number of carbonyl (C=O) groups is 1. The van der Waals surface area contributed by atoms with Crippen LogP contribution in [-0.4, -0.2) is 18.0 Å². The number of hydroxylamine groups is 1. The van der Waals surface area contributed by atoms with Gasteiger partial charge in [0.15, 0.2) is 0 Å². The van der Waals surface area contributed by atoms with E-state index in [-0.39, 0.29) is 11.6 Å². The minimum atomic E-state index is -4.48.